The number of rotatable bonds is 3. The maximum absolute atomic E-state index is 5.17. The van der Waals surface area contributed by atoms with E-state index >= 15 is 0 Å². The second-order valence-electron chi connectivity index (χ2n) is 1.92. The molecule has 3 nitrogen and oxygen atoms in total. The van der Waals surface area contributed by atoms with Crippen LogP contribution in [-0.4, -0.2) is 26.3 Å². The molecule has 0 aromatic carbocycles. The van der Waals surface area contributed by atoms with Crippen LogP contribution in [0.5, 0.6) is 0 Å². The molecule has 0 aromatic heterocycles. The van der Waals surface area contributed by atoms with E-state index in [0.29, 0.717) is 6.61 Å². The molecule has 0 amide bonds. The maximum Gasteiger partial charge on any atom is 0.284 e. The van der Waals surface area contributed by atoms with Crippen LogP contribution in [0.25, 0.3) is 0 Å². The first-order valence-corrected chi connectivity index (χ1v) is 3.16. The molecule has 1 aliphatic rings. The lowest BCUT2D eigenvalue weighted by molar-refractivity contribution is -0.426. The summed E-state index contributed by atoms with van der Waals surface area (Å²) in [6, 6.07) is 0. The van der Waals surface area contributed by atoms with Gasteiger partial charge in [0.2, 0.25) is 0 Å². The Morgan fingerprint density at radius 1 is 1.67 bits per heavy atom. The largest absolute Gasteiger partial charge is 0.331 e. The standard InChI is InChI=1S/C6H12O3/c1-3-8-6(7-2)4-5-9-6/h3-5H2,1-2H3. The average Bonchev–Trinajstić information content (AvgIpc) is 1.79. The lowest BCUT2D eigenvalue weighted by Crippen LogP contribution is -2.47. The molecule has 0 aromatic rings. The Hall–Kier alpha value is -0.120. The van der Waals surface area contributed by atoms with Crippen LogP contribution in [0.4, 0.5) is 0 Å². The minimum Gasteiger partial charge on any atom is -0.331 e. The number of hydrogen-bond acceptors (Lipinski definition) is 3. The molecule has 1 unspecified atom stereocenters. The SMILES string of the molecule is CCOC1(OC)CCO1. The third kappa shape index (κ3) is 1.23. The second kappa shape index (κ2) is 2.64. The predicted molar refractivity (Wildman–Crippen MR) is 31.9 cm³/mol. The van der Waals surface area contributed by atoms with E-state index in [1.807, 2.05) is 6.92 Å². The molecule has 0 saturated carbocycles. The summed E-state index contributed by atoms with van der Waals surface area (Å²) >= 11 is 0. The fourth-order valence-electron chi connectivity index (χ4n) is 0.822. The van der Waals surface area contributed by atoms with Gasteiger partial charge >= 0.3 is 0 Å². The zero-order valence-corrected chi connectivity index (χ0v) is 5.85. The van der Waals surface area contributed by atoms with Gasteiger partial charge in [0.05, 0.1) is 13.0 Å². The molecule has 1 rings (SSSR count). The van der Waals surface area contributed by atoms with E-state index in [4.69, 9.17) is 14.2 Å². The molecule has 0 bridgehead atoms. The Morgan fingerprint density at radius 3 is 2.44 bits per heavy atom. The average molecular weight is 132 g/mol. The van der Waals surface area contributed by atoms with E-state index in [1.54, 1.807) is 7.11 Å². The van der Waals surface area contributed by atoms with Crippen molar-refractivity contribution in [1.82, 2.24) is 0 Å². The lowest BCUT2D eigenvalue weighted by atomic mass is 10.3. The number of ether oxygens (including phenoxy) is 3. The molecule has 54 valence electrons. The molecule has 0 aliphatic carbocycles. The van der Waals surface area contributed by atoms with Crippen LogP contribution in [-0.2, 0) is 14.2 Å². The highest BCUT2D eigenvalue weighted by Crippen LogP contribution is 2.27. The van der Waals surface area contributed by atoms with Crippen molar-refractivity contribution in [3.8, 4) is 0 Å². The summed E-state index contributed by atoms with van der Waals surface area (Å²) in [5.41, 5.74) is 0. The van der Waals surface area contributed by atoms with Crippen LogP contribution in [0.2, 0.25) is 0 Å². The van der Waals surface area contributed by atoms with Gasteiger partial charge in [-0.05, 0) is 6.92 Å². The Bertz CT molecular complexity index is 82.8. The van der Waals surface area contributed by atoms with Gasteiger partial charge in [-0.2, -0.15) is 0 Å². The van der Waals surface area contributed by atoms with Crippen molar-refractivity contribution in [2.24, 2.45) is 0 Å². The Labute approximate surface area is 54.9 Å². The summed E-state index contributed by atoms with van der Waals surface area (Å²) in [5.74, 6) is -0.686. The van der Waals surface area contributed by atoms with E-state index in [1.165, 1.54) is 0 Å². The van der Waals surface area contributed by atoms with Gasteiger partial charge in [0.15, 0.2) is 0 Å². The Kier molecular flexibility index (Phi) is 2.05. The van der Waals surface area contributed by atoms with Crippen molar-refractivity contribution in [3.05, 3.63) is 0 Å². The van der Waals surface area contributed by atoms with Crippen LogP contribution >= 0.6 is 0 Å². The summed E-state index contributed by atoms with van der Waals surface area (Å²) in [5, 5.41) is 0. The Morgan fingerprint density at radius 2 is 2.33 bits per heavy atom. The van der Waals surface area contributed by atoms with Gasteiger partial charge in [-0.3, -0.25) is 0 Å². The van der Waals surface area contributed by atoms with E-state index in [9.17, 15) is 0 Å². The van der Waals surface area contributed by atoms with Crippen LogP contribution in [0.1, 0.15) is 13.3 Å². The van der Waals surface area contributed by atoms with Crippen LogP contribution in [0, 0.1) is 0 Å². The summed E-state index contributed by atoms with van der Waals surface area (Å²) in [6.45, 7) is 3.30. The topological polar surface area (TPSA) is 27.7 Å². The normalized spacial score (nSPS) is 34.0. The molecule has 0 spiro atoms. The minimum absolute atomic E-state index is 0.633. The summed E-state index contributed by atoms with van der Waals surface area (Å²) in [4.78, 5) is 0. The molecule has 0 N–H and O–H groups in total. The number of hydrogen-bond donors (Lipinski definition) is 0. The molecule has 1 saturated heterocycles. The van der Waals surface area contributed by atoms with E-state index in [0.717, 1.165) is 13.0 Å². The third-order valence-electron chi connectivity index (χ3n) is 1.41. The van der Waals surface area contributed by atoms with Gasteiger partial charge in [0, 0.05) is 13.7 Å². The fraction of sp³-hybridized carbons (Fsp3) is 1.00. The summed E-state index contributed by atoms with van der Waals surface area (Å²) in [7, 11) is 1.59. The zero-order chi connectivity index (χ0) is 6.74. The highest BCUT2D eigenvalue weighted by atomic mass is 16.9. The molecule has 3 heteroatoms. The molecule has 9 heavy (non-hydrogen) atoms. The molecular formula is C6H12O3. The van der Waals surface area contributed by atoms with Crippen molar-refractivity contribution in [2.75, 3.05) is 20.3 Å². The van der Waals surface area contributed by atoms with Crippen molar-refractivity contribution in [2.45, 2.75) is 19.3 Å². The van der Waals surface area contributed by atoms with Gasteiger partial charge in [-0.15, -0.1) is 0 Å². The molecule has 0 radical (unpaired) electrons. The number of methoxy groups -OCH3 is 1. The van der Waals surface area contributed by atoms with E-state index in [-0.39, 0.29) is 0 Å². The van der Waals surface area contributed by atoms with Gasteiger partial charge in [-0.25, -0.2) is 0 Å². The van der Waals surface area contributed by atoms with Crippen LogP contribution in [0.3, 0.4) is 0 Å². The van der Waals surface area contributed by atoms with E-state index in [2.05, 4.69) is 0 Å². The van der Waals surface area contributed by atoms with Crippen molar-refractivity contribution >= 4 is 0 Å². The molecule has 1 heterocycles. The molecular weight excluding hydrogens is 120 g/mol. The maximum atomic E-state index is 5.17. The van der Waals surface area contributed by atoms with Crippen LogP contribution < -0.4 is 0 Å². The van der Waals surface area contributed by atoms with Gasteiger partial charge in [0.25, 0.3) is 5.97 Å². The summed E-state index contributed by atoms with van der Waals surface area (Å²) in [6.07, 6.45) is 0.845. The van der Waals surface area contributed by atoms with E-state index < -0.39 is 5.97 Å². The van der Waals surface area contributed by atoms with Crippen molar-refractivity contribution < 1.29 is 14.2 Å². The van der Waals surface area contributed by atoms with Crippen molar-refractivity contribution in [1.29, 1.82) is 0 Å². The third-order valence-corrected chi connectivity index (χ3v) is 1.41. The van der Waals surface area contributed by atoms with Crippen molar-refractivity contribution in [3.63, 3.8) is 0 Å². The zero-order valence-electron chi connectivity index (χ0n) is 5.85. The highest BCUT2D eigenvalue weighted by molar-refractivity contribution is 4.65. The van der Waals surface area contributed by atoms with Gasteiger partial charge < -0.3 is 14.2 Å². The quantitative estimate of drug-likeness (QED) is 0.530. The van der Waals surface area contributed by atoms with Crippen LogP contribution in [0.15, 0.2) is 0 Å². The fourth-order valence-corrected chi connectivity index (χ4v) is 0.822. The molecule has 1 fully saturated rings. The second-order valence-corrected chi connectivity index (χ2v) is 1.92. The Balaban J connectivity index is 2.28. The lowest BCUT2D eigenvalue weighted by Gasteiger charge is -2.38. The highest BCUT2D eigenvalue weighted by Gasteiger charge is 2.39. The first-order chi connectivity index (χ1) is 4.33. The molecule has 1 aliphatic heterocycles. The monoisotopic (exact) mass is 132 g/mol. The predicted octanol–water partition coefficient (Wildman–Crippen LogP) is 0.743. The van der Waals surface area contributed by atoms with Gasteiger partial charge in [0.1, 0.15) is 0 Å². The minimum atomic E-state index is -0.686. The first kappa shape index (κ1) is 6.99. The van der Waals surface area contributed by atoms with Gasteiger partial charge in [-0.1, -0.05) is 0 Å². The smallest absolute Gasteiger partial charge is 0.284 e. The first-order valence-electron chi connectivity index (χ1n) is 3.16. The summed E-state index contributed by atoms with van der Waals surface area (Å²) < 4.78 is 15.2. The molecule has 1 atom stereocenters.